The number of hydrogen-bond donors (Lipinski definition) is 0. The largest absolute Gasteiger partial charge is 0.496 e. The molecule has 0 fully saturated rings. The predicted octanol–water partition coefficient (Wildman–Crippen LogP) is 8.76. The molecule has 0 unspecified atom stereocenters. The summed E-state index contributed by atoms with van der Waals surface area (Å²) < 4.78 is 29.1. The number of para-hydroxylation sites is 2. The summed E-state index contributed by atoms with van der Waals surface area (Å²) in [6, 6.07) is 29.1. The highest BCUT2D eigenvalue weighted by atomic mass is 16.5. The number of carbonyl (C=O) groups excluding carboxylic acids is 3. The van der Waals surface area contributed by atoms with Gasteiger partial charge >= 0.3 is 5.97 Å². The molecule has 0 radical (unpaired) electrons. The van der Waals surface area contributed by atoms with Crippen LogP contribution in [-0.4, -0.2) is 70.2 Å². The minimum Gasteiger partial charge on any atom is -0.496 e. The van der Waals surface area contributed by atoms with E-state index < -0.39 is 0 Å². The van der Waals surface area contributed by atoms with E-state index in [2.05, 4.69) is 12.1 Å². The fourth-order valence-electron chi connectivity index (χ4n) is 8.90. The van der Waals surface area contributed by atoms with Crippen LogP contribution in [0.3, 0.4) is 0 Å². The summed E-state index contributed by atoms with van der Waals surface area (Å²) in [7, 11) is 4.59. The third-order valence-corrected chi connectivity index (χ3v) is 12.0. The van der Waals surface area contributed by atoms with E-state index in [0.29, 0.717) is 84.2 Å². The van der Waals surface area contributed by atoms with Crippen LogP contribution in [0.5, 0.6) is 23.0 Å². The molecule has 0 saturated heterocycles. The lowest BCUT2D eigenvalue weighted by Crippen LogP contribution is -2.37. The summed E-state index contributed by atoms with van der Waals surface area (Å²) in [5.41, 5.74) is 9.15. The SMILES string of the molecule is COC(=O)CCCCOc1cc(CCCc2cc3c(cc2OC)C(=O)N2c4ccccc4C[C@H]2C=N3)cc(COc2cc3c(cc2OC)C(=O)N2c4ccccc4C[C@H]2C=N3)c1. The van der Waals surface area contributed by atoms with Crippen molar-refractivity contribution < 1.29 is 38.1 Å². The summed E-state index contributed by atoms with van der Waals surface area (Å²) in [5.74, 6) is 1.80. The maximum atomic E-state index is 14.0. The van der Waals surface area contributed by atoms with Crippen LogP contribution in [0.15, 0.2) is 101 Å². The molecule has 4 aliphatic heterocycles. The molecule has 5 aromatic rings. The second kappa shape index (κ2) is 17.6. The van der Waals surface area contributed by atoms with Gasteiger partial charge in [-0.1, -0.05) is 42.5 Å². The van der Waals surface area contributed by atoms with E-state index in [0.717, 1.165) is 58.5 Å². The summed E-state index contributed by atoms with van der Waals surface area (Å²) in [4.78, 5) is 52.8. The number of carbonyl (C=O) groups is 3. The van der Waals surface area contributed by atoms with Gasteiger partial charge in [0, 0.05) is 49.1 Å². The van der Waals surface area contributed by atoms with Crippen LogP contribution in [0.2, 0.25) is 0 Å². The second-order valence-electron chi connectivity index (χ2n) is 15.9. The zero-order valence-corrected chi connectivity index (χ0v) is 35.1. The summed E-state index contributed by atoms with van der Waals surface area (Å²) >= 11 is 0. The van der Waals surface area contributed by atoms with Crippen LogP contribution < -0.4 is 28.7 Å². The van der Waals surface area contributed by atoms with Crippen LogP contribution >= 0.6 is 0 Å². The lowest BCUT2D eigenvalue weighted by Gasteiger charge is -2.22. The Labute approximate surface area is 360 Å². The molecule has 0 aromatic heterocycles. The first-order chi connectivity index (χ1) is 30.3. The van der Waals surface area contributed by atoms with Crippen LogP contribution in [0.1, 0.15) is 74.2 Å². The number of hydrogen-bond acceptors (Lipinski definition) is 10. The minimum atomic E-state index is -0.240. The van der Waals surface area contributed by atoms with Crippen molar-refractivity contribution in [2.24, 2.45) is 9.98 Å². The zero-order chi connectivity index (χ0) is 42.7. The highest BCUT2D eigenvalue weighted by molar-refractivity contribution is 6.15. The van der Waals surface area contributed by atoms with Crippen LogP contribution in [0.4, 0.5) is 22.7 Å². The van der Waals surface area contributed by atoms with E-state index in [4.69, 9.17) is 33.7 Å². The van der Waals surface area contributed by atoms with Crippen molar-refractivity contribution in [3.63, 3.8) is 0 Å². The zero-order valence-electron chi connectivity index (χ0n) is 35.1. The summed E-state index contributed by atoms with van der Waals surface area (Å²) in [5, 5.41) is 0. The molecule has 4 heterocycles. The van der Waals surface area contributed by atoms with Crippen molar-refractivity contribution in [3.8, 4) is 23.0 Å². The van der Waals surface area contributed by atoms with Crippen LogP contribution in [0, 0.1) is 0 Å². The molecule has 5 aromatic carbocycles. The molecule has 62 heavy (non-hydrogen) atoms. The highest BCUT2D eigenvalue weighted by Gasteiger charge is 2.38. The molecule has 2 amide bonds. The van der Waals surface area contributed by atoms with Crippen molar-refractivity contribution in [1.29, 1.82) is 0 Å². The van der Waals surface area contributed by atoms with Gasteiger partial charge in [-0.2, -0.15) is 0 Å². The molecule has 9 rings (SSSR count). The first-order valence-electron chi connectivity index (χ1n) is 21.1. The van der Waals surface area contributed by atoms with Gasteiger partial charge in [0.25, 0.3) is 11.8 Å². The van der Waals surface area contributed by atoms with Crippen molar-refractivity contribution in [1.82, 2.24) is 0 Å². The number of rotatable bonds is 15. The first kappa shape index (κ1) is 40.5. The van der Waals surface area contributed by atoms with Gasteiger partial charge < -0.3 is 23.7 Å². The van der Waals surface area contributed by atoms with Crippen molar-refractivity contribution in [2.75, 3.05) is 37.7 Å². The molecule has 2 atom stereocenters. The molecule has 0 bridgehead atoms. The van der Waals surface area contributed by atoms with Gasteiger partial charge in [0.05, 0.1) is 62.5 Å². The topological polar surface area (TPSA) is 129 Å². The quantitative estimate of drug-likeness (QED) is 0.0757. The molecule has 0 aliphatic carbocycles. The minimum absolute atomic E-state index is 0.0784. The average Bonchev–Trinajstić information content (AvgIpc) is 3.79. The number of nitrogens with zero attached hydrogens (tertiary/aromatic N) is 4. The number of esters is 1. The Balaban J connectivity index is 0.920. The number of fused-ring (bicyclic) bond motifs is 8. The molecule has 12 heteroatoms. The number of benzene rings is 5. The third kappa shape index (κ3) is 8.00. The Kier molecular flexibility index (Phi) is 11.5. The normalized spacial score (nSPS) is 16.6. The maximum Gasteiger partial charge on any atom is 0.305 e. The van der Waals surface area contributed by atoms with Gasteiger partial charge in [-0.25, -0.2) is 0 Å². The smallest absolute Gasteiger partial charge is 0.305 e. The first-order valence-corrected chi connectivity index (χ1v) is 21.1. The van der Waals surface area contributed by atoms with Gasteiger partial charge in [0.2, 0.25) is 0 Å². The fourth-order valence-corrected chi connectivity index (χ4v) is 8.90. The second-order valence-corrected chi connectivity index (χ2v) is 15.9. The van der Waals surface area contributed by atoms with Crippen molar-refractivity contribution in [3.05, 3.63) is 130 Å². The number of aliphatic imine (C=N–C) groups is 2. The number of amides is 2. The fraction of sp³-hybridized carbons (Fsp3) is 0.300. The highest BCUT2D eigenvalue weighted by Crippen LogP contribution is 2.42. The molecule has 4 aliphatic rings. The lowest BCUT2D eigenvalue weighted by atomic mass is 9.99. The van der Waals surface area contributed by atoms with Gasteiger partial charge in [-0.3, -0.25) is 34.2 Å². The third-order valence-electron chi connectivity index (χ3n) is 12.0. The Hall–Kier alpha value is -6.95. The van der Waals surface area contributed by atoms with Crippen molar-refractivity contribution >= 4 is 53.0 Å². The van der Waals surface area contributed by atoms with E-state index in [-0.39, 0.29) is 36.5 Å². The predicted molar refractivity (Wildman–Crippen MR) is 238 cm³/mol. The number of unbranched alkanes of at least 4 members (excludes halogenated alkanes) is 1. The molecular formula is C50H48N4O8. The molecule has 0 spiro atoms. The average molecular weight is 833 g/mol. The standard InChI is InChI=1S/C50H48N4O8/c1-58-45-25-39-41(51-28-36-22-33-12-4-6-15-43(33)53(36)49(39)56)24-35(45)14-10-11-31-19-32(21-38(20-31)61-18-9-8-17-48(55)60-3)30-62-47-27-42-40(26-46(47)59-2)50(57)54-37(29-52-42)23-34-13-5-7-16-44(34)54/h4-7,12-13,15-16,19-21,24-29,36-37H,8-11,14,17-18,22-23,30H2,1-3H3/t36-,37-/m0/s1. The van der Waals surface area contributed by atoms with Gasteiger partial charge in [0.15, 0.2) is 11.5 Å². The molecule has 12 nitrogen and oxygen atoms in total. The van der Waals surface area contributed by atoms with Gasteiger partial charge in [-0.15, -0.1) is 0 Å². The Morgan fingerprint density at radius 1 is 0.645 bits per heavy atom. The number of anilines is 2. The molecule has 316 valence electrons. The maximum absolute atomic E-state index is 14.0. The Bertz CT molecular complexity index is 2620. The number of ether oxygens (including phenoxy) is 5. The summed E-state index contributed by atoms with van der Waals surface area (Å²) in [6.07, 6.45) is 9.05. The van der Waals surface area contributed by atoms with Gasteiger partial charge in [0.1, 0.15) is 18.1 Å². The molecule has 0 saturated carbocycles. The van der Waals surface area contributed by atoms with E-state index in [9.17, 15) is 14.4 Å². The van der Waals surface area contributed by atoms with E-state index >= 15 is 0 Å². The van der Waals surface area contributed by atoms with E-state index in [1.165, 1.54) is 7.11 Å². The summed E-state index contributed by atoms with van der Waals surface area (Å²) in [6.45, 7) is 0.637. The Morgan fingerprint density at radius 2 is 1.26 bits per heavy atom. The lowest BCUT2D eigenvalue weighted by molar-refractivity contribution is -0.140. The number of methoxy groups -OCH3 is 3. The van der Waals surface area contributed by atoms with Crippen LogP contribution in [0.25, 0.3) is 0 Å². The van der Waals surface area contributed by atoms with E-state index in [1.54, 1.807) is 26.4 Å². The molecule has 0 N–H and O–H groups in total. The van der Waals surface area contributed by atoms with E-state index in [1.807, 2.05) is 89.0 Å². The molecular weight excluding hydrogens is 785 g/mol. The monoisotopic (exact) mass is 832 g/mol. The Morgan fingerprint density at radius 3 is 1.90 bits per heavy atom. The van der Waals surface area contributed by atoms with Gasteiger partial charge in [-0.05, 0) is 102 Å². The number of aryl methyl sites for hydroxylation is 2. The van der Waals surface area contributed by atoms with Crippen molar-refractivity contribution in [2.45, 2.75) is 70.1 Å². The van der Waals surface area contributed by atoms with Crippen LogP contribution in [-0.2, 0) is 41.8 Å².